The van der Waals surface area contributed by atoms with Crippen molar-refractivity contribution in [2.75, 3.05) is 6.54 Å². The molecule has 5 nitrogen and oxygen atoms in total. The van der Waals surface area contributed by atoms with E-state index in [2.05, 4.69) is 5.32 Å². The number of amides is 1. The van der Waals surface area contributed by atoms with Crippen molar-refractivity contribution in [1.82, 2.24) is 5.32 Å². The lowest BCUT2D eigenvalue weighted by molar-refractivity contribution is -0.137. The summed E-state index contributed by atoms with van der Waals surface area (Å²) in [7, 11) is 0. The molecule has 1 heterocycles. The average molecular weight is 369 g/mol. The van der Waals surface area contributed by atoms with Crippen LogP contribution < -0.4 is 5.32 Å². The standard InChI is InChI=1S/C18H18F3NO4/c1-3-9-22-16(23)11(2)25-17(24)15-8-7-14(26-15)12-5-4-6-13(10-12)18(19,20)21/h4-8,10-11H,3,9H2,1-2H3,(H,22,23)/t11-/m0/s1. The summed E-state index contributed by atoms with van der Waals surface area (Å²) in [5, 5.41) is 2.59. The predicted octanol–water partition coefficient (Wildman–Crippen LogP) is 4.04. The number of benzene rings is 1. The number of hydrogen-bond donors (Lipinski definition) is 1. The highest BCUT2D eigenvalue weighted by Gasteiger charge is 2.30. The van der Waals surface area contributed by atoms with E-state index in [0.29, 0.717) is 6.54 Å². The lowest BCUT2D eigenvalue weighted by atomic mass is 10.1. The molecule has 140 valence electrons. The Morgan fingerprint density at radius 1 is 1.23 bits per heavy atom. The Labute approximate surface area is 148 Å². The number of carbonyl (C=O) groups is 2. The van der Waals surface area contributed by atoms with Crippen molar-refractivity contribution >= 4 is 11.9 Å². The van der Waals surface area contributed by atoms with E-state index in [1.54, 1.807) is 0 Å². The highest BCUT2D eigenvalue weighted by molar-refractivity contribution is 5.90. The molecule has 0 aliphatic carbocycles. The Bertz CT molecular complexity index is 783. The molecule has 0 radical (unpaired) electrons. The lowest BCUT2D eigenvalue weighted by Gasteiger charge is -2.12. The number of halogens is 3. The van der Waals surface area contributed by atoms with Crippen LogP contribution in [0.25, 0.3) is 11.3 Å². The van der Waals surface area contributed by atoms with Crippen LogP contribution in [0.5, 0.6) is 0 Å². The topological polar surface area (TPSA) is 68.5 Å². The van der Waals surface area contributed by atoms with Gasteiger partial charge in [-0.25, -0.2) is 4.79 Å². The van der Waals surface area contributed by atoms with Gasteiger partial charge in [-0.3, -0.25) is 4.79 Å². The fraction of sp³-hybridized carbons (Fsp3) is 0.333. The van der Waals surface area contributed by atoms with Crippen molar-refractivity contribution < 1.29 is 31.9 Å². The molecule has 1 aromatic heterocycles. The Morgan fingerprint density at radius 3 is 2.62 bits per heavy atom. The molecule has 8 heteroatoms. The van der Waals surface area contributed by atoms with Gasteiger partial charge in [0.05, 0.1) is 5.56 Å². The quantitative estimate of drug-likeness (QED) is 0.781. The molecule has 2 aromatic rings. The molecule has 0 saturated carbocycles. The van der Waals surface area contributed by atoms with Crippen LogP contribution in [0, 0.1) is 0 Å². The van der Waals surface area contributed by atoms with Crippen LogP contribution in [0.15, 0.2) is 40.8 Å². The van der Waals surface area contributed by atoms with Gasteiger partial charge in [-0.05, 0) is 37.6 Å². The zero-order valence-corrected chi connectivity index (χ0v) is 14.2. The number of hydrogen-bond acceptors (Lipinski definition) is 4. The van der Waals surface area contributed by atoms with E-state index in [1.807, 2.05) is 6.92 Å². The monoisotopic (exact) mass is 369 g/mol. The summed E-state index contributed by atoms with van der Waals surface area (Å²) in [6.45, 7) is 3.76. The van der Waals surface area contributed by atoms with Crippen molar-refractivity contribution in [2.24, 2.45) is 0 Å². The molecule has 1 aromatic carbocycles. The summed E-state index contributed by atoms with van der Waals surface area (Å²) in [5.41, 5.74) is -0.649. The van der Waals surface area contributed by atoms with Crippen LogP contribution in [-0.4, -0.2) is 24.5 Å². The summed E-state index contributed by atoms with van der Waals surface area (Å²) in [6, 6.07) is 7.21. The minimum absolute atomic E-state index is 0.0890. The molecular formula is C18H18F3NO4. The molecule has 0 bridgehead atoms. The predicted molar refractivity (Wildman–Crippen MR) is 87.3 cm³/mol. The summed E-state index contributed by atoms with van der Waals surface area (Å²) < 4.78 is 48.6. The summed E-state index contributed by atoms with van der Waals surface area (Å²) in [4.78, 5) is 23.7. The number of nitrogens with one attached hydrogen (secondary N) is 1. The molecule has 2 rings (SSSR count). The SMILES string of the molecule is CCCNC(=O)[C@H](C)OC(=O)c1ccc(-c2cccc(C(F)(F)F)c2)o1. The lowest BCUT2D eigenvalue weighted by Crippen LogP contribution is -2.36. The van der Waals surface area contributed by atoms with E-state index in [-0.39, 0.29) is 17.1 Å². The zero-order chi connectivity index (χ0) is 19.3. The van der Waals surface area contributed by atoms with Gasteiger partial charge in [-0.15, -0.1) is 0 Å². The smallest absolute Gasteiger partial charge is 0.416 e. The second-order valence-corrected chi connectivity index (χ2v) is 5.58. The maximum Gasteiger partial charge on any atom is 0.416 e. The third-order valence-electron chi connectivity index (χ3n) is 3.48. The van der Waals surface area contributed by atoms with E-state index in [0.717, 1.165) is 18.6 Å². The van der Waals surface area contributed by atoms with Gasteiger partial charge in [0.1, 0.15) is 5.76 Å². The second-order valence-electron chi connectivity index (χ2n) is 5.58. The number of esters is 1. The van der Waals surface area contributed by atoms with Crippen LogP contribution in [0.1, 0.15) is 36.4 Å². The van der Waals surface area contributed by atoms with Crippen molar-refractivity contribution in [3.05, 3.63) is 47.7 Å². The average Bonchev–Trinajstić information content (AvgIpc) is 3.09. The second kappa shape index (κ2) is 8.07. The van der Waals surface area contributed by atoms with Crippen LogP contribution in [0.2, 0.25) is 0 Å². The first-order valence-electron chi connectivity index (χ1n) is 7.98. The number of ether oxygens (including phenoxy) is 1. The van der Waals surface area contributed by atoms with Crippen LogP contribution >= 0.6 is 0 Å². The van der Waals surface area contributed by atoms with Crippen molar-refractivity contribution in [2.45, 2.75) is 32.5 Å². The van der Waals surface area contributed by atoms with Crippen molar-refractivity contribution in [3.63, 3.8) is 0 Å². The van der Waals surface area contributed by atoms with Gasteiger partial charge in [0.25, 0.3) is 5.91 Å². The van der Waals surface area contributed by atoms with Gasteiger partial charge in [0.2, 0.25) is 5.76 Å². The number of carbonyl (C=O) groups excluding carboxylic acids is 2. The summed E-state index contributed by atoms with van der Waals surface area (Å²) in [6.07, 6.45) is -4.76. The normalized spacial score (nSPS) is 12.5. The van der Waals surface area contributed by atoms with E-state index in [4.69, 9.17) is 9.15 Å². The van der Waals surface area contributed by atoms with E-state index < -0.39 is 29.7 Å². The zero-order valence-electron chi connectivity index (χ0n) is 14.2. The molecule has 26 heavy (non-hydrogen) atoms. The van der Waals surface area contributed by atoms with Crippen molar-refractivity contribution in [3.8, 4) is 11.3 Å². The van der Waals surface area contributed by atoms with Gasteiger partial charge in [0.15, 0.2) is 6.10 Å². The van der Waals surface area contributed by atoms with Crippen LogP contribution in [0.4, 0.5) is 13.2 Å². The first-order valence-corrected chi connectivity index (χ1v) is 7.98. The minimum atomic E-state index is -4.48. The minimum Gasteiger partial charge on any atom is -0.449 e. The molecule has 1 amide bonds. The highest BCUT2D eigenvalue weighted by Crippen LogP contribution is 2.32. The third kappa shape index (κ3) is 4.87. The number of furan rings is 1. The fourth-order valence-electron chi connectivity index (χ4n) is 2.12. The molecule has 0 unspecified atom stereocenters. The molecule has 0 aliphatic heterocycles. The highest BCUT2D eigenvalue weighted by atomic mass is 19.4. The first-order chi connectivity index (χ1) is 12.2. The molecule has 0 fully saturated rings. The molecule has 0 spiro atoms. The van der Waals surface area contributed by atoms with Crippen LogP contribution in [-0.2, 0) is 15.7 Å². The molecule has 0 aliphatic rings. The first kappa shape index (κ1) is 19.6. The third-order valence-corrected chi connectivity index (χ3v) is 3.48. The maximum absolute atomic E-state index is 12.8. The number of rotatable bonds is 6. The number of alkyl halides is 3. The summed E-state index contributed by atoms with van der Waals surface area (Å²) in [5.74, 6) is -1.43. The molecule has 1 N–H and O–H groups in total. The van der Waals surface area contributed by atoms with Crippen LogP contribution in [0.3, 0.4) is 0 Å². The van der Waals surface area contributed by atoms with E-state index >= 15 is 0 Å². The van der Waals surface area contributed by atoms with Crippen molar-refractivity contribution in [1.29, 1.82) is 0 Å². The Balaban J connectivity index is 2.10. The van der Waals surface area contributed by atoms with E-state index in [9.17, 15) is 22.8 Å². The Morgan fingerprint density at radius 2 is 1.96 bits per heavy atom. The molecule has 1 atom stereocenters. The Hall–Kier alpha value is -2.77. The van der Waals surface area contributed by atoms with Gasteiger partial charge < -0.3 is 14.5 Å². The van der Waals surface area contributed by atoms with Gasteiger partial charge in [-0.2, -0.15) is 13.2 Å². The largest absolute Gasteiger partial charge is 0.449 e. The van der Waals surface area contributed by atoms with Gasteiger partial charge in [-0.1, -0.05) is 19.1 Å². The summed E-state index contributed by atoms with van der Waals surface area (Å²) >= 11 is 0. The maximum atomic E-state index is 12.8. The fourth-order valence-corrected chi connectivity index (χ4v) is 2.12. The van der Waals surface area contributed by atoms with E-state index in [1.165, 1.54) is 31.2 Å². The molecular weight excluding hydrogens is 351 g/mol. The van der Waals surface area contributed by atoms with Gasteiger partial charge in [0, 0.05) is 12.1 Å². The van der Waals surface area contributed by atoms with Gasteiger partial charge >= 0.3 is 12.1 Å². The Kier molecular flexibility index (Phi) is 6.07. The molecule has 0 saturated heterocycles.